The van der Waals surface area contributed by atoms with Crippen LogP contribution in [0.5, 0.6) is 0 Å². The molecule has 0 saturated carbocycles. The molecular weight excluding hydrogens is 641 g/mol. The summed E-state index contributed by atoms with van der Waals surface area (Å²) in [4.78, 5) is 2.47. The summed E-state index contributed by atoms with van der Waals surface area (Å²) < 4.78 is 2.41. The highest BCUT2D eigenvalue weighted by Gasteiger charge is 2.47. The summed E-state index contributed by atoms with van der Waals surface area (Å²) in [5, 5.41) is 2.51. The van der Waals surface area contributed by atoms with Crippen molar-refractivity contribution in [3.05, 3.63) is 216 Å². The van der Waals surface area contributed by atoms with E-state index in [4.69, 9.17) is 0 Å². The zero-order chi connectivity index (χ0) is 34.9. The number of nitrogens with zero attached hydrogens (tertiary/aromatic N) is 2. The van der Waals surface area contributed by atoms with Crippen molar-refractivity contribution in [1.29, 1.82) is 0 Å². The maximum atomic E-state index is 2.51. The minimum absolute atomic E-state index is 0.0904. The number of hydrogen-bond donors (Lipinski definition) is 0. The summed E-state index contributed by atoms with van der Waals surface area (Å²) in [6, 6.07) is 71.7. The van der Waals surface area contributed by atoms with Gasteiger partial charge in [0.25, 0.3) is 0 Å². The van der Waals surface area contributed by atoms with Crippen molar-refractivity contribution in [2.75, 3.05) is 4.90 Å². The molecule has 0 unspecified atom stereocenters. The first-order valence-electron chi connectivity index (χ1n) is 18.6. The van der Waals surface area contributed by atoms with Gasteiger partial charge in [0.15, 0.2) is 0 Å². The molecule has 2 heteroatoms. The Bertz CT molecular complexity index is 2820. The maximum absolute atomic E-state index is 2.51. The molecule has 0 saturated heterocycles. The molecule has 0 N–H and O–H groups in total. The van der Waals surface area contributed by atoms with Gasteiger partial charge in [-0.15, -0.1) is 0 Å². The molecule has 2 aliphatic rings. The summed E-state index contributed by atoms with van der Waals surface area (Å²) in [5.41, 5.74) is 17.8. The third-order valence-corrected chi connectivity index (χ3v) is 11.8. The summed E-state index contributed by atoms with van der Waals surface area (Å²) >= 11 is 0. The van der Waals surface area contributed by atoms with Gasteiger partial charge in [0.2, 0.25) is 0 Å². The highest BCUT2D eigenvalue weighted by Crippen LogP contribution is 2.56. The van der Waals surface area contributed by atoms with Crippen molar-refractivity contribution >= 4 is 38.9 Å². The fraction of sp³-hybridized carbons (Fsp3) is 0.0588. The van der Waals surface area contributed by atoms with Gasteiger partial charge in [-0.1, -0.05) is 140 Å². The molecule has 0 amide bonds. The number of fused-ring (bicyclic) bond motifs is 9. The molecule has 0 fully saturated rings. The zero-order valence-electron chi connectivity index (χ0n) is 29.3. The third-order valence-electron chi connectivity index (χ3n) is 11.8. The Hall–Kier alpha value is -6.64. The maximum Gasteiger partial charge on any atom is 0.0561 e. The molecule has 0 radical (unpaired) electrons. The van der Waals surface area contributed by atoms with Crippen molar-refractivity contribution in [1.82, 2.24) is 4.57 Å². The molecule has 0 bridgehead atoms. The van der Waals surface area contributed by atoms with E-state index in [2.05, 4.69) is 204 Å². The first-order chi connectivity index (χ1) is 26.2. The van der Waals surface area contributed by atoms with Crippen LogP contribution in [0.15, 0.2) is 194 Å². The minimum Gasteiger partial charge on any atom is -0.310 e. The largest absolute Gasteiger partial charge is 0.310 e. The fourth-order valence-electron chi connectivity index (χ4n) is 9.43. The number of rotatable bonds is 5. The summed E-state index contributed by atoms with van der Waals surface area (Å²) in [6.45, 7) is 0. The van der Waals surface area contributed by atoms with E-state index in [1.54, 1.807) is 0 Å². The highest BCUT2D eigenvalue weighted by molar-refractivity contribution is 6.10. The predicted molar refractivity (Wildman–Crippen MR) is 221 cm³/mol. The molecule has 2 nitrogen and oxygen atoms in total. The highest BCUT2D eigenvalue weighted by atomic mass is 15.1. The third kappa shape index (κ3) is 4.59. The van der Waals surface area contributed by atoms with Gasteiger partial charge >= 0.3 is 0 Å². The summed E-state index contributed by atoms with van der Waals surface area (Å²) in [5.74, 6) is 0. The van der Waals surface area contributed by atoms with E-state index in [0.29, 0.717) is 0 Å². The van der Waals surface area contributed by atoms with Crippen LogP contribution in [0.4, 0.5) is 17.1 Å². The molecule has 1 heterocycles. The monoisotopic (exact) mass is 676 g/mol. The molecule has 8 aromatic carbocycles. The molecular formula is C51H36N2. The molecule has 9 aromatic rings. The second-order valence-corrected chi connectivity index (χ2v) is 14.6. The molecule has 1 aromatic heterocycles. The average molecular weight is 677 g/mol. The number of benzene rings is 8. The predicted octanol–water partition coefficient (Wildman–Crippen LogP) is 13.0. The molecule has 53 heavy (non-hydrogen) atoms. The van der Waals surface area contributed by atoms with E-state index in [9.17, 15) is 0 Å². The van der Waals surface area contributed by atoms with E-state index in [0.717, 1.165) is 29.9 Å². The average Bonchev–Trinajstić information content (AvgIpc) is 3.86. The van der Waals surface area contributed by atoms with E-state index >= 15 is 0 Å². The van der Waals surface area contributed by atoms with Crippen LogP contribution < -0.4 is 4.90 Å². The van der Waals surface area contributed by atoms with Crippen LogP contribution in [-0.2, 0) is 18.3 Å². The Balaban J connectivity index is 1.15. The second kappa shape index (κ2) is 11.7. The van der Waals surface area contributed by atoms with Gasteiger partial charge in [0.1, 0.15) is 0 Å². The fourth-order valence-corrected chi connectivity index (χ4v) is 9.43. The molecule has 11 rings (SSSR count). The molecule has 0 atom stereocenters. The van der Waals surface area contributed by atoms with Crippen molar-refractivity contribution in [3.8, 4) is 27.9 Å². The van der Waals surface area contributed by atoms with Gasteiger partial charge in [-0.2, -0.15) is 0 Å². The van der Waals surface area contributed by atoms with Crippen LogP contribution in [-0.4, -0.2) is 4.57 Å². The van der Waals surface area contributed by atoms with Crippen molar-refractivity contribution in [2.24, 2.45) is 0 Å². The lowest BCUT2D eigenvalue weighted by Crippen LogP contribution is -2.26. The SMILES string of the molecule is c1ccc(-c2cccc(N(c3ccc4c(c3)C3(Cc5ccccc5C3)c3ccccc3-4)c3ccc4c5ccccc5n(-c5ccccc5)c4c3)c2)cc1. The number of aromatic nitrogens is 1. The van der Waals surface area contributed by atoms with Crippen molar-refractivity contribution in [2.45, 2.75) is 18.3 Å². The van der Waals surface area contributed by atoms with Gasteiger partial charge in [-0.25, -0.2) is 0 Å². The van der Waals surface area contributed by atoms with E-state index < -0.39 is 0 Å². The lowest BCUT2D eigenvalue weighted by molar-refractivity contribution is 0.563. The topological polar surface area (TPSA) is 8.17 Å². The Morgan fingerprint density at radius 2 is 1.00 bits per heavy atom. The van der Waals surface area contributed by atoms with Gasteiger partial charge in [-0.05, 0) is 112 Å². The number of anilines is 3. The Kier molecular flexibility index (Phi) is 6.63. The normalized spacial score (nSPS) is 13.7. The van der Waals surface area contributed by atoms with Gasteiger partial charge in [0, 0.05) is 38.9 Å². The lowest BCUT2D eigenvalue weighted by Gasteiger charge is -2.30. The zero-order valence-corrected chi connectivity index (χ0v) is 29.3. The van der Waals surface area contributed by atoms with E-state index in [1.807, 2.05) is 0 Å². The van der Waals surface area contributed by atoms with Gasteiger partial charge in [-0.3, -0.25) is 0 Å². The molecule has 2 aliphatic carbocycles. The first-order valence-corrected chi connectivity index (χ1v) is 18.6. The van der Waals surface area contributed by atoms with Crippen LogP contribution in [0.1, 0.15) is 22.3 Å². The number of para-hydroxylation sites is 2. The van der Waals surface area contributed by atoms with Crippen LogP contribution in [0.25, 0.3) is 49.7 Å². The van der Waals surface area contributed by atoms with Crippen LogP contribution >= 0.6 is 0 Å². The quantitative estimate of drug-likeness (QED) is 0.176. The Morgan fingerprint density at radius 1 is 0.396 bits per heavy atom. The smallest absolute Gasteiger partial charge is 0.0561 e. The molecule has 250 valence electrons. The summed E-state index contributed by atoms with van der Waals surface area (Å²) in [6.07, 6.45) is 2.03. The second-order valence-electron chi connectivity index (χ2n) is 14.6. The molecule has 0 aliphatic heterocycles. The Labute approximate surface area is 309 Å². The lowest BCUT2D eigenvalue weighted by atomic mass is 9.75. The molecule has 1 spiro atoms. The van der Waals surface area contributed by atoms with Crippen molar-refractivity contribution < 1.29 is 0 Å². The van der Waals surface area contributed by atoms with Gasteiger partial charge in [0.05, 0.1) is 11.0 Å². The van der Waals surface area contributed by atoms with E-state index in [-0.39, 0.29) is 5.41 Å². The van der Waals surface area contributed by atoms with Crippen LogP contribution in [0.2, 0.25) is 0 Å². The van der Waals surface area contributed by atoms with Crippen LogP contribution in [0, 0.1) is 0 Å². The Morgan fingerprint density at radius 3 is 1.83 bits per heavy atom. The van der Waals surface area contributed by atoms with Crippen molar-refractivity contribution in [3.63, 3.8) is 0 Å². The van der Waals surface area contributed by atoms with Crippen LogP contribution in [0.3, 0.4) is 0 Å². The minimum atomic E-state index is -0.0904. The standard InChI is InChI=1S/C51H36N2/c1-3-14-35(15-4-1)36-18-13-21-40(30-36)52(42-27-29-46-45-23-10-12-25-49(45)53(50(46)32-42)39-19-5-2-6-20-39)41-26-28-44-43-22-9-11-24-47(43)51(48(44)31-41)33-37-16-7-8-17-38(37)34-51/h1-32H,33-34H2. The van der Waals surface area contributed by atoms with Gasteiger partial charge < -0.3 is 9.47 Å². The first kappa shape index (κ1) is 30.0. The summed E-state index contributed by atoms with van der Waals surface area (Å²) in [7, 11) is 0. The van der Waals surface area contributed by atoms with E-state index in [1.165, 1.54) is 72.0 Å². The number of hydrogen-bond acceptors (Lipinski definition) is 1.